The number of rotatable bonds is 1. The Morgan fingerprint density at radius 1 is 1.42 bits per heavy atom. The molecule has 2 heterocycles. The summed E-state index contributed by atoms with van der Waals surface area (Å²) < 4.78 is 38.0. The number of carbonyl (C=O) groups is 1. The minimum absolute atomic E-state index is 0.0472. The summed E-state index contributed by atoms with van der Waals surface area (Å²) in [6.45, 7) is -0.0426. The van der Waals surface area contributed by atoms with E-state index in [4.69, 9.17) is 0 Å². The molecule has 1 aliphatic rings. The lowest BCUT2D eigenvalue weighted by atomic mass is 9.97. The Kier molecular flexibility index (Phi) is 3.64. The van der Waals surface area contributed by atoms with Gasteiger partial charge in [0.1, 0.15) is 5.75 Å². The second-order valence-corrected chi connectivity index (χ2v) is 4.56. The number of halogens is 3. The molecule has 0 spiro atoms. The third kappa shape index (κ3) is 3.15. The maximum Gasteiger partial charge on any atom is 0.393 e. The number of likely N-dealkylation sites (tertiary alicyclic amines) is 1. The summed E-state index contributed by atoms with van der Waals surface area (Å²) in [5.41, 5.74) is 0.0998. The average Bonchev–Trinajstić information content (AvgIpc) is 2.37. The molecule has 104 valence electrons. The van der Waals surface area contributed by atoms with E-state index in [1.165, 1.54) is 12.3 Å². The van der Waals surface area contributed by atoms with Gasteiger partial charge in [0.2, 0.25) is 0 Å². The topological polar surface area (TPSA) is 53.4 Å². The van der Waals surface area contributed by atoms with E-state index in [0.29, 0.717) is 13.0 Å². The first-order chi connectivity index (χ1) is 8.88. The van der Waals surface area contributed by atoms with Crippen LogP contribution in [0.15, 0.2) is 18.5 Å². The zero-order valence-electron chi connectivity index (χ0n) is 10.0. The number of alkyl halides is 3. The maximum absolute atomic E-state index is 12.7. The van der Waals surface area contributed by atoms with Crippen molar-refractivity contribution in [1.29, 1.82) is 0 Å². The normalized spacial score (nSPS) is 20.4. The SMILES string of the molecule is O=C(c1cncc(O)c1)N1CCCC(C(F)(F)F)C1. The molecule has 2 rings (SSSR count). The molecule has 7 heteroatoms. The minimum Gasteiger partial charge on any atom is -0.506 e. The van der Waals surface area contributed by atoms with E-state index < -0.39 is 18.0 Å². The lowest BCUT2D eigenvalue weighted by Gasteiger charge is -2.33. The van der Waals surface area contributed by atoms with E-state index >= 15 is 0 Å². The summed E-state index contributed by atoms with van der Waals surface area (Å²) in [6, 6.07) is 1.20. The fraction of sp³-hybridized carbons (Fsp3) is 0.500. The monoisotopic (exact) mass is 274 g/mol. The van der Waals surface area contributed by atoms with Crippen LogP contribution < -0.4 is 0 Å². The van der Waals surface area contributed by atoms with Gasteiger partial charge in [0.25, 0.3) is 5.91 Å². The van der Waals surface area contributed by atoms with Gasteiger partial charge in [-0.1, -0.05) is 0 Å². The lowest BCUT2D eigenvalue weighted by Crippen LogP contribution is -2.44. The van der Waals surface area contributed by atoms with Gasteiger partial charge in [-0.3, -0.25) is 9.78 Å². The van der Waals surface area contributed by atoms with Gasteiger partial charge in [0.05, 0.1) is 17.7 Å². The van der Waals surface area contributed by atoms with Crippen molar-refractivity contribution in [2.24, 2.45) is 5.92 Å². The van der Waals surface area contributed by atoms with Crippen molar-refractivity contribution in [3.8, 4) is 5.75 Å². The van der Waals surface area contributed by atoms with Crippen LogP contribution in [0.1, 0.15) is 23.2 Å². The van der Waals surface area contributed by atoms with Gasteiger partial charge >= 0.3 is 6.18 Å². The van der Waals surface area contributed by atoms with Crippen LogP contribution in [-0.4, -0.2) is 40.2 Å². The molecule has 0 aliphatic carbocycles. The van der Waals surface area contributed by atoms with Crippen LogP contribution in [0.5, 0.6) is 5.75 Å². The van der Waals surface area contributed by atoms with Crippen LogP contribution in [0.3, 0.4) is 0 Å². The fourth-order valence-electron chi connectivity index (χ4n) is 2.16. The Balaban J connectivity index is 2.11. The van der Waals surface area contributed by atoms with E-state index in [-0.39, 0.29) is 24.3 Å². The Morgan fingerprint density at radius 2 is 2.16 bits per heavy atom. The molecule has 19 heavy (non-hydrogen) atoms. The molecule has 1 aromatic heterocycles. The number of aromatic nitrogens is 1. The number of amides is 1. The molecule has 0 radical (unpaired) electrons. The molecule has 1 aliphatic heterocycles. The minimum atomic E-state index is -4.28. The number of aromatic hydroxyl groups is 1. The van der Waals surface area contributed by atoms with Crippen molar-refractivity contribution in [2.45, 2.75) is 19.0 Å². The third-order valence-corrected chi connectivity index (χ3v) is 3.14. The Hall–Kier alpha value is -1.79. The van der Waals surface area contributed by atoms with Crippen LogP contribution >= 0.6 is 0 Å². The van der Waals surface area contributed by atoms with Crippen LogP contribution in [-0.2, 0) is 0 Å². The summed E-state index contributed by atoms with van der Waals surface area (Å²) in [5.74, 6) is -2.19. The van der Waals surface area contributed by atoms with Crippen LogP contribution in [0.2, 0.25) is 0 Å². The molecule has 1 aromatic rings. The van der Waals surface area contributed by atoms with E-state index in [9.17, 15) is 23.1 Å². The molecule has 1 saturated heterocycles. The number of hydrogen-bond donors (Lipinski definition) is 1. The van der Waals surface area contributed by atoms with Gasteiger partial charge in [-0.15, -0.1) is 0 Å². The molecular formula is C12H13F3N2O2. The van der Waals surface area contributed by atoms with Gasteiger partial charge in [0, 0.05) is 19.3 Å². The van der Waals surface area contributed by atoms with Gasteiger partial charge < -0.3 is 10.0 Å². The molecule has 0 saturated carbocycles. The van der Waals surface area contributed by atoms with Crippen molar-refractivity contribution in [2.75, 3.05) is 13.1 Å². The smallest absolute Gasteiger partial charge is 0.393 e. The van der Waals surface area contributed by atoms with Crippen molar-refractivity contribution in [3.63, 3.8) is 0 Å². The van der Waals surface area contributed by atoms with E-state index in [0.717, 1.165) is 11.1 Å². The van der Waals surface area contributed by atoms with Crippen LogP contribution in [0.4, 0.5) is 13.2 Å². The highest BCUT2D eigenvalue weighted by Gasteiger charge is 2.42. The summed E-state index contributed by atoms with van der Waals surface area (Å²) in [4.78, 5) is 16.8. The zero-order chi connectivity index (χ0) is 14.0. The number of hydrogen-bond acceptors (Lipinski definition) is 3. The molecule has 1 N–H and O–H groups in total. The van der Waals surface area contributed by atoms with Crippen LogP contribution in [0, 0.1) is 5.92 Å². The van der Waals surface area contributed by atoms with Gasteiger partial charge in [-0.05, 0) is 18.9 Å². The number of nitrogens with zero attached hydrogens (tertiary/aromatic N) is 2. The second-order valence-electron chi connectivity index (χ2n) is 4.56. The molecule has 4 nitrogen and oxygen atoms in total. The molecule has 1 fully saturated rings. The Bertz CT molecular complexity index is 476. The fourth-order valence-corrected chi connectivity index (χ4v) is 2.16. The number of pyridine rings is 1. The van der Waals surface area contributed by atoms with E-state index in [1.54, 1.807) is 0 Å². The lowest BCUT2D eigenvalue weighted by molar-refractivity contribution is -0.184. The Morgan fingerprint density at radius 3 is 2.79 bits per heavy atom. The first kappa shape index (κ1) is 13.6. The average molecular weight is 274 g/mol. The number of carbonyl (C=O) groups excluding carboxylic acids is 1. The molecular weight excluding hydrogens is 261 g/mol. The standard InChI is InChI=1S/C12H13F3N2O2/c13-12(14,15)9-2-1-3-17(7-9)11(19)8-4-10(18)6-16-5-8/h4-6,9,18H,1-3,7H2. The van der Waals surface area contributed by atoms with Crippen molar-refractivity contribution in [3.05, 3.63) is 24.0 Å². The molecule has 0 bridgehead atoms. The Labute approximate surface area is 107 Å². The molecule has 1 amide bonds. The van der Waals surface area contributed by atoms with E-state index in [1.807, 2.05) is 0 Å². The van der Waals surface area contributed by atoms with Crippen LogP contribution in [0.25, 0.3) is 0 Å². The summed E-state index contributed by atoms with van der Waals surface area (Å²) in [7, 11) is 0. The second kappa shape index (κ2) is 5.07. The highest BCUT2D eigenvalue weighted by atomic mass is 19.4. The zero-order valence-corrected chi connectivity index (χ0v) is 10.0. The molecule has 1 unspecified atom stereocenters. The summed E-state index contributed by atoms with van der Waals surface area (Å²) in [6.07, 6.45) is -1.52. The molecule has 0 aromatic carbocycles. The third-order valence-electron chi connectivity index (χ3n) is 3.14. The maximum atomic E-state index is 12.7. The first-order valence-corrected chi connectivity index (χ1v) is 5.88. The van der Waals surface area contributed by atoms with Gasteiger partial charge in [0.15, 0.2) is 0 Å². The summed E-state index contributed by atoms with van der Waals surface area (Å²) in [5, 5.41) is 9.23. The predicted molar refractivity (Wildman–Crippen MR) is 60.6 cm³/mol. The van der Waals surface area contributed by atoms with Crippen molar-refractivity contribution < 1.29 is 23.1 Å². The first-order valence-electron chi connectivity index (χ1n) is 5.88. The predicted octanol–water partition coefficient (Wildman–Crippen LogP) is 2.20. The van der Waals surface area contributed by atoms with Gasteiger partial charge in [-0.25, -0.2) is 0 Å². The van der Waals surface area contributed by atoms with Crippen molar-refractivity contribution in [1.82, 2.24) is 9.88 Å². The van der Waals surface area contributed by atoms with E-state index in [2.05, 4.69) is 4.98 Å². The largest absolute Gasteiger partial charge is 0.506 e. The van der Waals surface area contributed by atoms with Gasteiger partial charge in [-0.2, -0.15) is 13.2 Å². The summed E-state index contributed by atoms with van der Waals surface area (Å²) >= 11 is 0. The quantitative estimate of drug-likeness (QED) is 0.854. The number of piperidine rings is 1. The van der Waals surface area contributed by atoms with Crippen molar-refractivity contribution >= 4 is 5.91 Å². The highest BCUT2D eigenvalue weighted by Crippen LogP contribution is 2.33. The molecule has 1 atom stereocenters. The highest BCUT2D eigenvalue weighted by molar-refractivity contribution is 5.94.